The molecule has 0 amide bonds. The molecule has 0 saturated carbocycles. The fourth-order valence-electron chi connectivity index (χ4n) is 10.8. The van der Waals surface area contributed by atoms with E-state index in [0.29, 0.717) is 0 Å². The quantitative estimate of drug-likeness (QED) is 0.167. The molecule has 2 heterocycles. The van der Waals surface area contributed by atoms with Gasteiger partial charge in [-0.05, 0) is 112 Å². The van der Waals surface area contributed by atoms with Crippen LogP contribution in [0, 0.1) is 0 Å². The van der Waals surface area contributed by atoms with E-state index in [4.69, 9.17) is 9.47 Å². The molecular formula is C59H40N2O2. The summed E-state index contributed by atoms with van der Waals surface area (Å²) in [5.74, 6) is 2.64. The lowest BCUT2D eigenvalue weighted by atomic mass is 9.66. The zero-order valence-corrected chi connectivity index (χ0v) is 34.3. The van der Waals surface area contributed by atoms with E-state index in [1.54, 1.807) is 0 Å². The Bertz CT molecular complexity index is 3300. The van der Waals surface area contributed by atoms with Gasteiger partial charge in [0.2, 0.25) is 0 Å². The molecule has 9 aromatic carbocycles. The summed E-state index contributed by atoms with van der Waals surface area (Å²) in [7, 11) is 0. The lowest BCUT2D eigenvalue weighted by Crippen LogP contribution is -2.34. The summed E-state index contributed by atoms with van der Waals surface area (Å²) in [6.45, 7) is 0. The fourth-order valence-corrected chi connectivity index (χ4v) is 10.8. The molecule has 63 heavy (non-hydrogen) atoms. The van der Waals surface area contributed by atoms with Gasteiger partial charge in [-0.3, -0.25) is 0 Å². The number of nitrogens with zero attached hydrogens (tertiary/aromatic N) is 2. The maximum Gasteiger partial charge on any atom is 0.148 e. The Morgan fingerprint density at radius 2 is 0.905 bits per heavy atom. The van der Waals surface area contributed by atoms with E-state index in [1.807, 2.05) is 0 Å². The largest absolute Gasteiger partial charge is 0.483 e. The summed E-state index contributed by atoms with van der Waals surface area (Å²) < 4.78 is 14.0. The third-order valence-electron chi connectivity index (χ3n) is 13.4. The van der Waals surface area contributed by atoms with Crippen molar-refractivity contribution in [1.82, 2.24) is 0 Å². The molecule has 0 aromatic heterocycles. The van der Waals surface area contributed by atoms with Gasteiger partial charge >= 0.3 is 0 Å². The van der Waals surface area contributed by atoms with E-state index in [-0.39, 0.29) is 12.0 Å². The molecule has 1 spiro atoms. The molecule has 2 aliphatic carbocycles. The van der Waals surface area contributed by atoms with Crippen LogP contribution in [0.15, 0.2) is 218 Å². The average molecular weight is 809 g/mol. The first-order valence-corrected chi connectivity index (χ1v) is 21.7. The monoisotopic (exact) mass is 808 g/mol. The van der Waals surface area contributed by atoms with Gasteiger partial charge in [-0.1, -0.05) is 152 Å². The summed E-state index contributed by atoms with van der Waals surface area (Å²) in [5.41, 5.74) is 14.0. The van der Waals surface area contributed by atoms with Crippen molar-refractivity contribution in [2.24, 2.45) is 0 Å². The molecule has 298 valence electrons. The first kappa shape index (κ1) is 35.7. The Morgan fingerprint density at radius 1 is 0.381 bits per heavy atom. The topological polar surface area (TPSA) is 24.9 Å². The van der Waals surface area contributed by atoms with E-state index in [9.17, 15) is 0 Å². The lowest BCUT2D eigenvalue weighted by Gasteiger charge is -2.40. The number of ether oxygens (including phenoxy) is 2. The van der Waals surface area contributed by atoms with Crippen molar-refractivity contribution >= 4 is 46.3 Å². The number of anilines is 6. The molecule has 2 aliphatic heterocycles. The van der Waals surface area contributed by atoms with E-state index < -0.39 is 5.41 Å². The number of fused-ring (bicyclic) bond motifs is 13. The fraction of sp³-hybridized carbons (Fsp3) is 0.0508. The van der Waals surface area contributed by atoms with Crippen molar-refractivity contribution < 1.29 is 9.47 Å². The smallest absolute Gasteiger partial charge is 0.148 e. The number of para-hydroxylation sites is 4. The molecule has 0 bridgehead atoms. The third kappa shape index (κ3) is 5.34. The van der Waals surface area contributed by atoms with Crippen LogP contribution in [0.3, 0.4) is 0 Å². The number of rotatable bonds is 6. The van der Waals surface area contributed by atoms with E-state index >= 15 is 0 Å². The third-order valence-corrected chi connectivity index (χ3v) is 13.4. The number of hydrogen-bond donors (Lipinski definition) is 0. The highest BCUT2D eigenvalue weighted by molar-refractivity contribution is 5.92. The highest BCUT2D eigenvalue weighted by Crippen LogP contribution is 2.63. The zero-order valence-electron chi connectivity index (χ0n) is 34.3. The molecule has 0 N–H and O–H groups in total. The maximum absolute atomic E-state index is 7.14. The van der Waals surface area contributed by atoms with Crippen molar-refractivity contribution in [2.45, 2.75) is 17.4 Å². The molecule has 4 heteroatoms. The molecule has 13 rings (SSSR count). The molecule has 0 saturated heterocycles. The summed E-state index contributed by atoms with van der Waals surface area (Å²) in [6.07, 6.45) is 4.55. The van der Waals surface area contributed by atoms with Crippen LogP contribution < -0.4 is 29.7 Å². The molecule has 0 radical (unpaired) electrons. The van der Waals surface area contributed by atoms with Gasteiger partial charge in [0.15, 0.2) is 0 Å². The van der Waals surface area contributed by atoms with Crippen molar-refractivity contribution in [3.8, 4) is 28.4 Å². The highest BCUT2D eigenvalue weighted by Gasteiger charge is 2.51. The van der Waals surface area contributed by atoms with Crippen LogP contribution in [0.25, 0.3) is 23.3 Å². The molecule has 2 unspecified atom stereocenters. The predicted octanol–water partition coefficient (Wildman–Crippen LogP) is 13.2. The second-order valence-electron chi connectivity index (χ2n) is 16.8. The maximum atomic E-state index is 7.14. The first-order chi connectivity index (χ1) is 31.2. The minimum atomic E-state index is -0.600. The van der Waals surface area contributed by atoms with E-state index in [1.165, 1.54) is 32.7 Å². The molecular weight excluding hydrogens is 769 g/mol. The molecule has 0 fully saturated rings. The van der Waals surface area contributed by atoms with Gasteiger partial charge < -0.3 is 19.3 Å². The minimum absolute atomic E-state index is 0.0165. The highest BCUT2D eigenvalue weighted by atomic mass is 16.5. The van der Waals surface area contributed by atoms with Gasteiger partial charge in [0, 0.05) is 51.0 Å². The summed E-state index contributed by atoms with van der Waals surface area (Å²) in [6, 6.07) is 78.5. The van der Waals surface area contributed by atoms with Crippen molar-refractivity contribution in [3.05, 3.63) is 257 Å². The van der Waals surface area contributed by atoms with Gasteiger partial charge in [-0.15, -0.1) is 0 Å². The first-order valence-electron chi connectivity index (χ1n) is 21.7. The SMILES string of the molecule is C1=c2ccccc2=CC2c3cc(N(c4ccccc4)c4ccc5c(c4)C4(c6ccccc6O5)c5ccccc5-c5ccccc54)cc(N(c4ccccc4)c4ccccc4)c3OC12. The van der Waals surface area contributed by atoms with Crippen molar-refractivity contribution in [1.29, 1.82) is 0 Å². The molecule has 9 aromatic rings. The predicted molar refractivity (Wildman–Crippen MR) is 255 cm³/mol. The Kier molecular flexibility index (Phi) is 7.91. The van der Waals surface area contributed by atoms with Gasteiger partial charge in [0.25, 0.3) is 0 Å². The van der Waals surface area contributed by atoms with Crippen molar-refractivity contribution in [3.63, 3.8) is 0 Å². The molecule has 4 nitrogen and oxygen atoms in total. The van der Waals surface area contributed by atoms with Crippen molar-refractivity contribution in [2.75, 3.05) is 9.80 Å². The average Bonchev–Trinajstić information content (AvgIpc) is 3.85. The van der Waals surface area contributed by atoms with Crippen LogP contribution in [0.4, 0.5) is 34.1 Å². The Labute approximate surface area is 366 Å². The standard InChI is InChI=1S/C59H40N2O2/c1-4-20-41(21-5-1)60(44-32-33-56-53(37-44)59(52-30-16-17-31-55(52)62-56)50-28-14-12-26-46(50)47-27-13-15-29-51(47)59)45-36-49-48-34-39-18-10-11-19-40(39)35-57(48)63-58(49)54(38-45)61(42-22-6-2-7-23-42)43-24-8-3-9-25-43/h1-38,48,57H. The van der Waals surface area contributed by atoms with Gasteiger partial charge in [-0.25, -0.2) is 0 Å². The van der Waals surface area contributed by atoms with Crippen LogP contribution in [0.2, 0.25) is 0 Å². The minimum Gasteiger partial charge on any atom is -0.483 e. The number of hydrogen-bond acceptors (Lipinski definition) is 4. The normalized spacial score (nSPS) is 16.3. The second kappa shape index (κ2) is 14.0. The Hall–Kier alpha value is -8.08. The van der Waals surface area contributed by atoms with E-state index in [0.717, 1.165) is 68.1 Å². The van der Waals surface area contributed by atoms with Crippen LogP contribution >= 0.6 is 0 Å². The number of benzene rings is 9. The summed E-state index contributed by atoms with van der Waals surface area (Å²) >= 11 is 0. The van der Waals surface area contributed by atoms with Crippen LogP contribution in [-0.2, 0) is 5.41 Å². The lowest BCUT2D eigenvalue weighted by molar-refractivity contribution is 0.289. The second-order valence-corrected chi connectivity index (χ2v) is 16.8. The summed E-state index contributed by atoms with van der Waals surface area (Å²) in [5, 5.41) is 2.42. The van der Waals surface area contributed by atoms with E-state index in [2.05, 4.69) is 240 Å². The summed E-state index contributed by atoms with van der Waals surface area (Å²) in [4.78, 5) is 4.75. The Balaban J connectivity index is 1.08. The molecule has 4 aliphatic rings. The van der Waals surface area contributed by atoms with Crippen LogP contribution in [0.1, 0.15) is 33.7 Å². The zero-order chi connectivity index (χ0) is 41.5. The van der Waals surface area contributed by atoms with Gasteiger partial charge in [0.1, 0.15) is 23.4 Å². The van der Waals surface area contributed by atoms with Crippen LogP contribution in [-0.4, -0.2) is 6.10 Å². The van der Waals surface area contributed by atoms with Gasteiger partial charge in [-0.2, -0.15) is 0 Å². The van der Waals surface area contributed by atoms with Gasteiger partial charge in [0.05, 0.1) is 11.1 Å². The molecule has 2 atom stereocenters. The Morgan fingerprint density at radius 3 is 1.56 bits per heavy atom. The van der Waals surface area contributed by atoms with Crippen LogP contribution in [0.5, 0.6) is 17.2 Å².